The van der Waals surface area contributed by atoms with E-state index in [0.717, 1.165) is 24.0 Å². The highest BCUT2D eigenvalue weighted by atomic mass is 32.2. The second-order valence-electron chi connectivity index (χ2n) is 8.03. The maximum absolute atomic E-state index is 13.3. The summed E-state index contributed by atoms with van der Waals surface area (Å²) in [5.74, 6) is 0.399. The van der Waals surface area contributed by atoms with Crippen LogP contribution in [0.4, 0.5) is 0 Å². The molecule has 0 amide bonds. The van der Waals surface area contributed by atoms with Crippen molar-refractivity contribution >= 4 is 10.0 Å². The zero-order valence-corrected chi connectivity index (χ0v) is 17.1. The molecule has 148 valence electrons. The molecule has 2 aromatic carbocycles. The minimum Gasteiger partial charge on any atom is -0.375 e. The molecule has 5 heteroatoms. The normalized spacial score (nSPS) is 26.8. The first kappa shape index (κ1) is 19.4. The smallest absolute Gasteiger partial charge is 0.243 e. The van der Waals surface area contributed by atoms with Gasteiger partial charge in [-0.25, -0.2) is 8.42 Å². The van der Waals surface area contributed by atoms with Crippen LogP contribution in [0.1, 0.15) is 24.0 Å². The first-order valence-corrected chi connectivity index (χ1v) is 11.2. The second-order valence-corrected chi connectivity index (χ2v) is 9.92. The fourth-order valence-electron chi connectivity index (χ4n) is 4.56. The number of nitrogens with zero attached hydrogens (tertiary/aromatic N) is 1. The van der Waals surface area contributed by atoms with Crippen LogP contribution in [0.5, 0.6) is 0 Å². The predicted octanol–water partition coefficient (Wildman–Crippen LogP) is 4.17. The van der Waals surface area contributed by atoms with Gasteiger partial charge in [0.25, 0.3) is 0 Å². The van der Waals surface area contributed by atoms with E-state index in [1.165, 1.54) is 0 Å². The molecule has 1 saturated heterocycles. The zero-order valence-electron chi connectivity index (χ0n) is 16.3. The number of rotatable bonds is 8. The number of benzene rings is 2. The Kier molecular flexibility index (Phi) is 5.17. The van der Waals surface area contributed by atoms with Crippen molar-refractivity contribution in [2.24, 2.45) is 11.3 Å². The van der Waals surface area contributed by atoms with E-state index < -0.39 is 10.0 Å². The highest BCUT2D eigenvalue weighted by Gasteiger charge is 2.67. The van der Waals surface area contributed by atoms with Crippen molar-refractivity contribution in [1.82, 2.24) is 4.31 Å². The van der Waals surface area contributed by atoms with Crippen molar-refractivity contribution in [2.75, 3.05) is 13.2 Å². The van der Waals surface area contributed by atoms with E-state index in [1.54, 1.807) is 16.4 Å². The van der Waals surface area contributed by atoms with Crippen LogP contribution >= 0.6 is 0 Å². The summed E-state index contributed by atoms with van der Waals surface area (Å²) >= 11 is 0. The summed E-state index contributed by atoms with van der Waals surface area (Å²) in [6.07, 6.45) is 3.81. The monoisotopic (exact) mass is 397 g/mol. The van der Waals surface area contributed by atoms with E-state index >= 15 is 0 Å². The summed E-state index contributed by atoms with van der Waals surface area (Å²) in [5, 5.41) is 0. The highest BCUT2D eigenvalue weighted by Crippen LogP contribution is 2.64. The Bertz CT molecular complexity index is 940. The van der Waals surface area contributed by atoms with Crippen LogP contribution in [0.15, 0.2) is 72.1 Å². The number of sulfonamides is 1. The number of allylic oxidation sites excluding steroid dienone is 1. The van der Waals surface area contributed by atoms with E-state index in [4.69, 9.17) is 4.74 Å². The Morgan fingerprint density at radius 1 is 1.18 bits per heavy atom. The van der Waals surface area contributed by atoms with Crippen molar-refractivity contribution in [3.8, 4) is 0 Å². The number of fused-ring (bicyclic) bond motifs is 1. The van der Waals surface area contributed by atoms with Gasteiger partial charge in [0.05, 0.1) is 24.2 Å². The molecule has 0 N–H and O–H groups in total. The fourth-order valence-corrected chi connectivity index (χ4v) is 6.30. The topological polar surface area (TPSA) is 46.6 Å². The van der Waals surface area contributed by atoms with Gasteiger partial charge in [-0.05, 0) is 48.8 Å². The minimum absolute atomic E-state index is 0.0177. The van der Waals surface area contributed by atoms with Crippen LogP contribution in [-0.4, -0.2) is 31.9 Å². The number of hydrogen-bond donors (Lipinski definition) is 0. The lowest BCUT2D eigenvalue weighted by Gasteiger charge is -2.31. The van der Waals surface area contributed by atoms with Crippen molar-refractivity contribution in [3.05, 3.63) is 78.4 Å². The Balaban J connectivity index is 1.55. The van der Waals surface area contributed by atoms with E-state index in [-0.39, 0.29) is 11.5 Å². The molecule has 2 fully saturated rings. The first-order valence-electron chi connectivity index (χ1n) is 9.78. The largest absolute Gasteiger partial charge is 0.375 e. The summed E-state index contributed by atoms with van der Waals surface area (Å²) < 4.78 is 34.4. The SMILES string of the molecule is C=CC[C@]12C[C@H]1CN(S(=O)(=O)c1ccc(C)cc1)[C@@H]2COCc1ccccc1. The number of aryl methyl sites for hydroxylation is 1. The molecule has 0 spiro atoms. The Morgan fingerprint density at radius 2 is 1.89 bits per heavy atom. The standard InChI is InChI=1S/C23H27NO3S/c1-3-13-23-14-20(23)15-24(28(25,26)21-11-9-18(2)10-12-21)22(23)17-27-16-19-7-5-4-6-8-19/h3-12,20,22H,1,13-17H2,2H3/t20-,22+,23-/m0/s1. The van der Waals surface area contributed by atoms with Crippen molar-refractivity contribution in [3.63, 3.8) is 0 Å². The van der Waals surface area contributed by atoms with Gasteiger partial charge in [-0.1, -0.05) is 54.1 Å². The van der Waals surface area contributed by atoms with Crippen molar-refractivity contribution in [1.29, 1.82) is 0 Å². The summed E-state index contributed by atoms with van der Waals surface area (Å²) in [6, 6.07) is 17.0. The molecule has 0 unspecified atom stereocenters. The molecule has 0 aromatic heterocycles. The third kappa shape index (κ3) is 3.43. The fraction of sp³-hybridized carbons (Fsp3) is 0.391. The lowest BCUT2D eigenvalue weighted by atomic mass is 9.93. The molecular formula is C23H27NO3S. The molecule has 0 radical (unpaired) electrons. The van der Waals surface area contributed by atoms with Crippen LogP contribution in [0, 0.1) is 18.3 Å². The van der Waals surface area contributed by atoms with E-state index in [1.807, 2.05) is 55.5 Å². The van der Waals surface area contributed by atoms with Gasteiger partial charge in [0.2, 0.25) is 10.0 Å². The van der Waals surface area contributed by atoms with Crippen LogP contribution in [0.25, 0.3) is 0 Å². The van der Waals surface area contributed by atoms with Gasteiger partial charge in [-0.2, -0.15) is 4.31 Å². The molecule has 1 aliphatic heterocycles. The third-order valence-corrected chi connectivity index (χ3v) is 8.12. The van der Waals surface area contributed by atoms with E-state index in [0.29, 0.717) is 30.6 Å². The number of piperidine rings is 1. The van der Waals surface area contributed by atoms with E-state index in [2.05, 4.69) is 6.58 Å². The van der Waals surface area contributed by atoms with Crippen LogP contribution < -0.4 is 0 Å². The van der Waals surface area contributed by atoms with Gasteiger partial charge in [0.15, 0.2) is 0 Å². The molecule has 1 heterocycles. The molecule has 3 atom stereocenters. The molecular weight excluding hydrogens is 370 g/mol. The summed E-state index contributed by atoms with van der Waals surface area (Å²) in [5.41, 5.74) is 2.13. The third-order valence-electron chi connectivity index (χ3n) is 6.23. The van der Waals surface area contributed by atoms with Crippen LogP contribution in [0.2, 0.25) is 0 Å². The van der Waals surface area contributed by atoms with Gasteiger partial charge in [-0.15, -0.1) is 6.58 Å². The molecule has 4 nitrogen and oxygen atoms in total. The van der Waals surface area contributed by atoms with Gasteiger partial charge in [0.1, 0.15) is 0 Å². The molecule has 4 rings (SSSR count). The van der Waals surface area contributed by atoms with Crippen LogP contribution in [-0.2, 0) is 21.4 Å². The summed E-state index contributed by atoms with van der Waals surface area (Å²) in [6.45, 7) is 7.33. The first-order chi connectivity index (χ1) is 13.5. The predicted molar refractivity (Wildman–Crippen MR) is 110 cm³/mol. The average molecular weight is 398 g/mol. The minimum atomic E-state index is -3.54. The Hall–Kier alpha value is -1.95. The Labute approximate surface area is 167 Å². The molecule has 0 bridgehead atoms. The molecule has 1 aliphatic carbocycles. The van der Waals surface area contributed by atoms with Gasteiger partial charge in [-0.3, -0.25) is 0 Å². The molecule has 2 aromatic rings. The van der Waals surface area contributed by atoms with Gasteiger partial charge >= 0.3 is 0 Å². The highest BCUT2D eigenvalue weighted by molar-refractivity contribution is 7.89. The maximum atomic E-state index is 13.3. The van der Waals surface area contributed by atoms with Crippen LogP contribution in [0.3, 0.4) is 0 Å². The van der Waals surface area contributed by atoms with Gasteiger partial charge in [0, 0.05) is 6.54 Å². The molecule has 1 saturated carbocycles. The number of hydrogen-bond acceptors (Lipinski definition) is 3. The quantitative estimate of drug-likeness (QED) is 0.628. The molecule has 28 heavy (non-hydrogen) atoms. The number of ether oxygens (including phenoxy) is 1. The summed E-state index contributed by atoms with van der Waals surface area (Å²) in [7, 11) is -3.54. The van der Waals surface area contributed by atoms with Crippen molar-refractivity contribution in [2.45, 2.75) is 37.3 Å². The van der Waals surface area contributed by atoms with Crippen molar-refractivity contribution < 1.29 is 13.2 Å². The lowest BCUT2D eigenvalue weighted by Crippen LogP contribution is -2.44. The van der Waals surface area contributed by atoms with E-state index in [9.17, 15) is 8.42 Å². The second kappa shape index (κ2) is 7.47. The zero-order chi connectivity index (χ0) is 19.8. The maximum Gasteiger partial charge on any atom is 0.243 e. The summed E-state index contributed by atoms with van der Waals surface area (Å²) in [4.78, 5) is 0.362. The molecule has 2 aliphatic rings. The lowest BCUT2D eigenvalue weighted by molar-refractivity contribution is 0.0637. The average Bonchev–Trinajstić information content (AvgIpc) is 3.30. The Morgan fingerprint density at radius 3 is 2.57 bits per heavy atom. The van der Waals surface area contributed by atoms with Gasteiger partial charge < -0.3 is 4.74 Å².